The van der Waals surface area contributed by atoms with Crippen LogP contribution in [0.4, 0.5) is 0 Å². The topological polar surface area (TPSA) is 30.5 Å². The van der Waals surface area contributed by atoms with E-state index >= 15 is 0 Å². The molecule has 0 heterocycles. The molecule has 0 aliphatic carbocycles. The van der Waals surface area contributed by atoms with Gasteiger partial charge in [-0.2, -0.15) is 0 Å². The summed E-state index contributed by atoms with van der Waals surface area (Å²) in [6, 6.07) is 27.6. The first-order chi connectivity index (χ1) is 13.7. The highest BCUT2D eigenvalue weighted by molar-refractivity contribution is 5.42. The van der Waals surface area contributed by atoms with Gasteiger partial charge in [0.05, 0.1) is 14.2 Å². The third kappa shape index (κ3) is 4.93. The third-order valence-electron chi connectivity index (χ3n) is 5.19. The molecule has 0 spiro atoms. The molecule has 146 valence electrons. The van der Waals surface area contributed by atoms with E-state index in [0.717, 1.165) is 30.0 Å². The average molecular weight is 376 g/mol. The molecule has 0 bridgehead atoms. The maximum Gasteiger partial charge on any atom is 0.127 e. The lowest BCUT2D eigenvalue weighted by Crippen LogP contribution is -2.22. The van der Waals surface area contributed by atoms with E-state index in [4.69, 9.17) is 9.47 Å². The Balaban J connectivity index is 1.69. The Morgan fingerprint density at radius 1 is 0.786 bits per heavy atom. The first-order valence-corrected chi connectivity index (χ1v) is 9.78. The Hall–Kier alpha value is -2.78. The number of hydrogen-bond acceptors (Lipinski definition) is 3. The number of hydrogen-bond donors (Lipinski definition) is 1. The average Bonchev–Trinajstić information content (AvgIpc) is 2.77. The normalized spacial score (nSPS) is 12.0. The molecule has 28 heavy (non-hydrogen) atoms. The summed E-state index contributed by atoms with van der Waals surface area (Å²) in [7, 11) is 3.37. The molecule has 0 aliphatic heterocycles. The van der Waals surface area contributed by atoms with Gasteiger partial charge in [0.15, 0.2) is 0 Å². The molecule has 0 amide bonds. The van der Waals surface area contributed by atoms with Gasteiger partial charge in [0.25, 0.3) is 0 Å². The lowest BCUT2D eigenvalue weighted by Gasteiger charge is -2.22. The molecule has 0 aliphatic rings. The summed E-state index contributed by atoms with van der Waals surface area (Å²) in [5.41, 5.74) is 3.84. The van der Waals surface area contributed by atoms with Crippen molar-refractivity contribution in [2.75, 3.05) is 20.8 Å². The van der Waals surface area contributed by atoms with Crippen LogP contribution in [0.1, 0.15) is 42.0 Å². The van der Waals surface area contributed by atoms with E-state index in [0.29, 0.717) is 5.92 Å². The minimum Gasteiger partial charge on any atom is -0.497 e. The number of rotatable bonds is 9. The zero-order valence-electron chi connectivity index (χ0n) is 16.9. The second-order valence-corrected chi connectivity index (χ2v) is 6.95. The highest BCUT2D eigenvalue weighted by Crippen LogP contribution is 2.30. The van der Waals surface area contributed by atoms with E-state index in [1.807, 2.05) is 12.1 Å². The first kappa shape index (κ1) is 20.0. The fraction of sp³-hybridized carbons (Fsp3) is 0.280. The van der Waals surface area contributed by atoms with Gasteiger partial charge in [0, 0.05) is 23.6 Å². The molecule has 3 aromatic carbocycles. The van der Waals surface area contributed by atoms with E-state index in [-0.39, 0.29) is 6.04 Å². The summed E-state index contributed by atoms with van der Waals surface area (Å²) in [5.74, 6) is 2.03. The summed E-state index contributed by atoms with van der Waals surface area (Å²) in [6.07, 6.45) is 1.02. The molecule has 3 nitrogen and oxygen atoms in total. The Kier molecular flexibility index (Phi) is 7.10. The maximum absolute atomic E-state index is 5.56. The molecule has 3 heteroatoms. The monoisotopic (exact) mass is 375 g/mol. The van der Waals surface area contributed by atoms with Crippen LogP contribution in [0.5, 0.6) is 11.5 Å². The third-order valence-corrected chi connectivity index (χ3v) is 5.19. The molecule has 0 aromatic heterocycles. The van der Waals surface area contributed by atoms with Gasteiger partial charge >= 0.3 is 0 Å². The van der Waals surface area contributed by atoms with Crippen LogP contribution in [-0.2, 0) is 0 Å². The number of methoxy groups -OCH3 is 2. The smallest absolute Gasteiger partial charge is 0.127 e. The Bertz CT molecular complexity index is 809. The van der Waals surface area contributed by atoms with Crippen LogP contribution in [0.3, 0.4) is 0 Å². The standard InChI is InChI=1S/C25H29NO2/c1-19(23-15-14-22(27-2)18-25(23)28-3)26-17-16-24(20-10-6-4-7-11-20)21-12-8-5-9-13-21/h4-15,18-19,24,26H,16-17H2,1-3H3. The summed E-state index contributed by atoms with van der Waals surface area (Å²) in [5, 5.41) is 3.66. The van der Waals surface area contributed by atoms with Crippen molar-refractivity contribution in [3.8, 4) is 11.5 Å². The largest absolute Gasteiger partial charge is 0.497 e. The quantitative estimate of drug-likeness (QED) is 0.530. The summed E-state index contributed by atoms with van der Waals surface area (Å²) < 4.78 is 10.9. The SMILES string of the molecule is COc1ccc(C(C)NCCC(c2ccccc2)c2ccccc2)c(OC)c1. The second-order valence-electron chi connectivity index (χ2n) is 6.95. The molecule has 1 atom stereocenters. The Morgan fingerprint density at radius 3 is 1.93 bits per heavy atom. The second kappa shape index (κ2) is 9.95. The minimum atomic E-state index is 0.188. The Labute approximate surface area is 168 Å². The van der Waals surface area contributed by atoms with Crippen molar-refractivity contribution in [2.45, 2.75) is 25.3 Å². The Morgan fingerprint density at radius 2 is 1.39 bits per heavy atom. The van der Waals surface area contributed by atoms with E-state index < -0.39 is 0 Å². The first-order valence-electron chi connectivity index (χ1n) is 9.78. The number of ether oxygens (including phenoxy) is 2. The van der Waals surface area contributed by atoms with Crippen molar-refractivity contribution in [3.05, 3.63) is 95.6 Å². The molecule has 3 rings (SSSR count). The van der Waals surface area contributed by atoms with Crippen LogP contribution in [-0.4, -0.2) is 20.8 Å². The van der Waals surface area contributed by atoms with Gasteiger partial charge in [-0.05, 0) is 37.1 Å². The molecule has 0 radical (unpaired) electrons. The molecular formula is C25H29NO2. The number of benzene rings is 3. The lowest BCUT2D eigenvalue weighted by atomic mass is 9.88. The van der Waals surface area contributed by atoms with Crippen LogP contribution in [0.15, 0.2) is 78.9 Å². The molecule has 0 saturated heterocycles. The van der Waals surface area contributed by atoms with Gasteiger partial charge in [-0.25, -0.2) is 0 Å². The lowest BCUT2D eigenvalue weighted by molar-refractivity contribution is 0.385. The zero-order valence-corrected chi connectivity index (χ0v) is 16.9. The summed E-state index contributed by atoms with van der Waals surface area (Å²) >= 11 is 0. The van der Waals surface area contributed by atoms with Crippen molar-refractivity contribution in [3.63, 3.8) is 0 Å². The van der Waals surface area contributed by atoms with Crippen molar-refractivity contribution < 1.29 is 9.47 Å². The van der Waals surface area contributed by atoms with Crippen LogP contribution >= 0.6 is 0 Å². The van der Waals surface area contributed by atoms with Gasteiger partial charge in [-0.3, -0.25) is 0 Å². The van der Waals surface area contributed by atoms with Crippen LogP contribution in [0.2, 0.25) is 0 Å². The summed E-state index contributed by atoms with van der Waals surface area (Å²) in [6.45, 7) is 3.08. The zero-order chi connectivity index (χ0) is 19.8. The van der Waals surface area contributed by atoms with Gasteiger partial charge in [-0.15, -0.1) is 0 Å². The molecule has 1 N–H and O–H groups in total. The van der Waals surface area contributed by atoms with Crippen LogP contribution in [0, 0.1) is 0 Å². The van der Waals surface area contributed by atoms with Crippen molar-refractivity contribution in [1.29, 1.82) is 0 Å². The van der Waals surface area contributed by atoms with Gasteiger partial charge in [0.1, 0.15) is 11.5 Å². The fourth-order valence-corrected chi connectivity index (χ4v) is 3.63. The van der Waals surface area contributed by atoms with E-state index in [9.17, 15) is 0 Å². The van der Waals surface area contributed by atoms with Crippen LogP contribution in [0.25, 0.3) is 0 Å². The highest BCUT2D eigenvalue weighted by atomic mass is 16.5. The predicted octanol–water partition coefficient (Wildman–Crippen LogP) is 5.58. The maximum atomic E-state index is 5.56. The molecule has 0 fully saturated rings. The molecule has 1 unspecified atom stereocenters. The van der Waals surface area contributed by atoms with Crippen molar-refractivity contribution in [1.82, 2.24) is 5.32 Å². The van der Waals surface area contributed by atoms with Gasteiger partial charge in [0.2, 0.25) is 0 Å². The van der Waals surface area contributed by atoms with Crippen LogP contribution < -0.4 is 14.8 Å². The van der Waals surface area contributed by atoms with E-state index in [1.165, 1.54) is 11.1 Å². The van der Waals surface area contributed by atoms with Gasteiger partial charge < -0.3 is 14.8 Å². The van der Waals surface area contributed by atoms with E-state index in [2.05, 4.69) is 79.0 Å². The van der Waals surface area contributed by atoms with E-state index in [1.54, 1.807) is 14.2 Å². The highest BCUT2D eigenvalue weighted by Gasteiger charge is 2.16. The molecule has 0 saturated carbocycles. The predicted molar refractivity (Wildman–Crippen MR) is 115 cm³/mol. The minimum absolute atomic E-state index is 0.188. The van der Waals surface area contributed by atoms with Gasteiger partial charge in [-0.1, -0.05) is 66.7 Å². The molecule has 3 aromatic rings. The summed E-state index contributed by atoms with van der Waals surface area (Å²) in [4.78, 5) is 0. The molecular weight excluding hydrogens is 346 g/mol. The van der Waals surface area contributed by atoms with Crippen molar-refractivity contribution >= 4 is 0 Å². The van der Waals surface area contributed by atoms with Crippen molar-refractivity contribution in [2.24, 2.45) is 0 Å². The fourth-order valence-electron chi connectivity index (χ4n) is 3.63. The number of nitrogens with one attached hydrogen (secondary N) is 1.